The van der Waals surface area contributed by atoms with Crippen LogP contribution in [0.4, 0.5) is 4.79 Å². The first-order valence-electron chi connectivity index (χ1n) is 11.7. The molecule has 1 aliphatic carbocycles. The lowest BCUT2D eigenvalue weighted by Gasteiger charge is -2.18. The minimum atomic E-state index is -1.07. The summed E-state index contributed by atoms with van der Waals surface area (Å²) in [7, 11) is 0. The molecule has 1 unspecified atom stereocenters. The Kier molecular flexibility index (Phi) is 7.47. The van der Waals surface area contributed by atoms with Crippen molar-refractivity contribution in [2.75, 3.05) is 19.8 Å². The number of fused-ring (bicyclic) bond motifs is 3. The highest BCUT2D eigenvalue weighted by molar-refractivity contribution is 5.80. The smallest absolute Gasteiger partial charge is 0.407 e. The molecule has 1 fully saturated rings. The topological polar surface area (TPSA) is 114 Å². The van der Waals surface area contributed by atoms with Gasteiger partial charge in [0.1, 0.15) is 6.61 Å². The van der Waals surface area contributed by atoms with E-state index in [9.17, 15) is 14.4 Å². The Balaban J connectivity index is 1.19. The van der Waals surface area contributed by atoms with Gasteiger partial charge >= 0.3 is 12.1 Å². The van der Waals surface area contributed by atoms with E-state index in [1.165, 1.54) is 11.1 Å². The number of rotatable bonds is 9. The fourth-order valence-corrected chi connectivity index (χ4v) is 4.65. The lowest BCUT2D eigenvalue weighted by atomic mass is 9.98. The minimum absolute atomic E-state index is 0.00784. The predicted octanol–water partition coefficient (Wildman–Crippen LogP) is 3.30. The normalized spacial score (nSPS) is 19.7. The van der Waals surface area contributed by atoms with Crippen molar-refractivity contribution in [2.45, 2.75) is 44.2 Å². The van der Waals surface area contributed by atoms with Gasteiger partial charge in [0.05, 0.1) is 6.04 Å². The third-order valence-corrected chi connectivity index (χ3v) is 6.48. The Morgan fingerprint density at radius 1 is 1.09 bits per heavy atom. The average molecular weight is 467 g/mol. The van der Waals surface area contributed by atoms with E-state index in [1.807, 2.05) is 31.2 Å². The van der Waals surface area contributed by atoms with Gasteiger partial charge in [-0.2, -0.15) is 0 Å². The maximum absolute atomic E-state index is 12.3. The van der Waals surface area contributed by atoms with Crippen LogP contribution in [-0.4, -0.2) is 55.0 Å². The fourth-order valence-electron chi connectivity index (χ4n) is 4.65. The number of carboxylic acid groups (broad SMARTS) is 1. The van der Waals surface area contributed by atoms with Crippen molar-refractivity contribution in [1.29, 1.82) is 0 Å². The first kappa shape index (κ1) is 23.8. The number of ether oxygens (including phenoxy) is 2. The van der Waals surface area contributed by atoms with E-state index >= 15 is 0 Å². The van der Waals surface area contributed by atoms with Crippen LogP contribution in [0.3, 0.4) is 0 Å². The fraction of sp³-hybridized carbons (Fsp3) is 0.423. The first-order chi connectivity index (χ1) is 16.4. The molecule has 1 aliphatic heterocycles. The molecule has 1 heterocycles. The second kappa shape index (κ2) is 10.7. The lowest BCUT2D eigenvalue weighted by Crippen LogP contribution is -2.44. The molecular formula is C26H30N2O6. The summed E-state index contributed by atoms with van der Waals surface area (Å²) in [5.41, 5.74) is 4.68. The Bertz CT molecular complexity index is 1010. The number of hydrogen-bond acceptors (Lipinski definition) is 5. The maximum Gasteiger partial charge on any atom is 0.407 e. The highest BCUT2D eigenvalue weighted by Crippen LogP contribution is 2.44. The van der Waals surface area contributed by atoms with Crippen molar-refractivity contribution in [3.8, 4) is 11.1 Å². The van der Waals surface area contributed by atoms with E-state index in [0.29, 0.717) is 26.0 Å². The van der Waals surface area contributed by atoms with Crippen molar-refractivity contribution in [3.05, 3.63) is 59.7 Å². The molecule has 180 valence electrons. The molecule has 3 N–H and O–H groups in total. The SMILES string of the molecule is CC(CCC(=O)N[C@@H]1CCO[C@@H]1C(=O)O)CNC(=O)OCC1c2ccccc2-c2ccccc21. The number of carbonyl (C=O) groups is 3. The number of hydrogen-bond donors (Lipinski definition) is 3. The second-order valence-corrected chi connectivity index (χ2v) is 8.94. The van der Waals surface area contributed by atoms with E-state index in [-0.39, 0.29) is 30.8 Å². The Hall–Kier alpha value is -3.39. The summed E-state index contributed by atoms with van der Waals surface area (Å²) in [5, 5.41) is 14.6. The van der Waals surface area contributed by atoms with Gasteiger partial charge in [-0.15, -0.1) is 0 Å². The zero-order chi connectivity index (χ0) is 24.1. The van der Waals surface area contributed by atoms with Gasteiger partial charge < -0.3 is 25.2 Å². The highest BCUT2D eigenvalue weighted by atomic mass is 16.5. The van der Waals surface area contributed by atoms with E-state index in [2.05, 4.69) is 34.9 Å². The minimum Gasteiger partial charge on any atom is -0.479 e. The van der Waals surface area contributed by atoms with Crippen molar-refractivity contribution in [3.63, 3.8) is 0 Å². The van der Waals surface area contributed by atoms with E-state index in [0.717, 1.165) is 11.1 Å². The van der Waals surface area contributed by atoms with Crippen molar-refractivity contribution >= 4 is 18.0 Å². The molecular weight excluding hydrogens is 436 g/mol. The van der Waals surface area contributed by atoms with Crippen LogP contribution >= 0.6 is 0 Å². The number of benzene rings is 2. The summed E-state index contributed by atoms with van der Waals surface area (Å²) in [5.74, 6) is -1.21. The number of aliphatic carboxylic acids is 1. The Labute approximate surface area is 198 Å². The molecule has 0 spiro atoms. The molecule has 0 radical (unpaired) electrons. The monoisotopic (exact) mass is 466 g/mol. The van der Waals surface area contributed by atoms with Crippen LogP contribution in [0.5, 0.6) is 0 Å². The van der Waals surface area contributed by atoms with Gasteiger partial charge in [-0.25, -0.2) is 9.59 Å². The molecule has 8 heteroatoms. The molecule has 2 aromatic rings. The van der Waals surface area contributed by atoms with Crippen LogP contribution < -0.4 is 10.6 Å². The van der Waals surface area contributed by atoms with E-state index < -0.39 is 24.2 Å². The summed E-state index contributed by atoms with van der Waals surface area (Å²) < 4.78 is 10.7. The highest BCUT2D eigenvalue weighted by Gasteiger charge is 2.35. The second-order valence-electron chi connectivity index (χ2n) is 8.94. The number of carbonyl (C=O) groups excluding carboxylic acids is 2. The van der Waals surface area contributed by atoms with Crippen LogP contribution in [0.15, 0.2) is 48.5 Å². The molecule has 0 aromatic heterocycles. The van der Waals surface area contributed by atoms with Gasteiger partial charge in [0, 0.05) is 25.5 Å². The predicted molar refractivity (Wildman–Crippen MR) is 125 cm³/mol. The molecule has 2 amide bonds. The van der Waals surface area contributed by atoms with Gasteiger partial charge in [0.2, 0.25) is 5.91 Å². The number of alkyl carbamates (subject to hydrolysis) is 1. The molecule has 8 nitrogen and oxygen atoms in total. The summed E-state index contributed by atoms with van der Waals surface area (Å²) >= 11 is 0. The third-order valence-electron chi connectivity index (χ3n) is 6.48. The summed E-state index contributed by atoms with van der Waals surface area (Å²) in [4.78, 5) is 35.6. The summed E-state index contributed by atoms with van der Waals surface area (Å²) in [6.07, 6.45) is -0.180. The molecule has 34 heavy (non-hydrogen) atoms. The average Bonchev–Trinajstić information content (AvgIpc) is 3.43. The van der Waals surface area contributed by atoms with Crippen molar-refractivity contribution in [1.82, 2.24) is 10.6 Å². The van der Waals surface area contributed by atoms with Crippen LogP contribution in [0.2, 0.25) is 0 Å². The molecule has 0 saturated carbocycles. The number of amides is 2. The number of nitrogens with one attached hydrogen (secondary N) is 2. The van der Waals surface area contributed by atoms with E-state index in [1.54, 1.807) is 0 Å². The Morgan fingerprint density at radius 3 is 2.38 bits per heavy atom. The maximum atomic E-state index is 12.3. The lowest BCUT2D eigenvalue weighted by molar-refractivity contribution is -0.148. The summed E-state index contributed by atoms with van der Waals surface area (Å²) in [6.45, 7) is 2.90. The summed E-state index contributed by atoms with van der Waals surface area (Å²) in [6, 6.07) is 15.9. The quantitative estimate of drug-likeness (QED) is 0.523. The van der Waals surface area contributed by atoms with Crippen LogP contribution in [0.1, 0.15) is 43.2 Å². The zero-order valence-corrected chi connectivity index (χ0v) is 19.2. The molecule has 3 atom stereocenters. The Morgan fingerprint density at radius 2 is 1.74 bits per heavy atom. The van der Waals surface area contributed by atoms with Crippen molar-refractivity contribution in [2.24, 2.45) is 5.92 Å². The molecule has 2 aromatic carbocycles. The van der Waals surface area contributed by atoms with Crippen LogP contribution in [-0.2, 0) is 19.1 Å². The van der Waals surface area contributed by atoms with Gasteiger partial charge in [0.15, 0.2) is 6.10 Å². The van der Waals surface area contributed by atoms with Gasteiger partial charge in [-0.05, 0) is 41.0 Å². The molecule has 0 bridgehead atoms. The van der Waals surface area contributed by atoms with Crippen LogP contribution in [0.25, 0.3) is 11.1 Å². The third kappa shape index (κ3) is 5.39. The van der Waals surface area contributed by atoms with Crippen LogP contribution in [0, 0.1) is 5.92 Å². The zero-order valence-electron chi connectivity index (χ0n) is 19.2. The van der Waals surface area contributed by atoms with Crippen molar-refractivity contribution < 1.29 is 29.0 Å². The molecule has 4 rings (SSSR count). The van der Waals surface area contributed by atoms with Gasteiger partial charge in [0.25, 0.3) is 0 Å². The van der Waals surface area contributed by atoms with E-state index in [4.69, 9.17) is 14.6 Å². The standard InChI is InChI=1S/C26H30N2O6/c1-16(10-11-23(29)28-22-12-13-33-24(22)25(30)31)14-27-26(32)34-15-21-19-8-4-2-6-17(19)18-7-3-5-9-20(18)21/h2-9,16,21-22,24H,10-15H2,1H3,(H,27,32)(H,28,29)(H,30,31)/t16?,22-,24+/m1/s1. The number of carboxylic acids is 1. The molecule has 1 saturated heterocycles. The first-order valence-corrected chi connectivity index (χ1v) is 11.7. The molecule has 2 aliphatic rings. The van der Waals surface area contributed by atoms with Gasteiger partial charge in [-0.3, -0.25) is 4.79 Å². The largest absolute Gasteiger partial charge is 0.479 e. The van der Waals surface area contributed by atoms with Gasteiger partial charge in [-0.1, -0.05) is 55.5 Å².